The van der Waals surface area contributed by atoms with Crippen LogP contribution in [-0.4, -0.2) is 52.5 Å². The molecule has 10 heteroatoms. The molecule has 1 aliphatic rings. The molecule has 9 nitrogen and oxygen atoms in total. The molecule has 0 bridgehead atoms. The van der Waals surface area contributed by atoms with Crippen LogP contribution in [0.25, 0.3) is 0 Å². The van der Waals surface area contributed by atoms with Crippen LogP contribution in [0.4, 0.5) is 5.69 Å². The molecule has 3 amide bonds. The number of thiocarbonyl (C=S) groups is 1. The van der Waals surface area contributed by atoms with E-state index in [9.17, 15) is 14.4 Å². The number of carbonyl (C=O) groups is 3. The second-order valence-electron chi connectivity index (χ2n) is 8.85. The monoisotopic (exact) mass is 546 g/mol. The fraction of sp³-hybridized carbons (Fsp3) is 0.241. The molecule has 0 radical (unpaired) electrons. The van der Waals surface area contributed by atoms with Gasteiger partial charge < -0.3 is 14.8 Å². The van der Waals surface area contributed by atoms with E-state index in [2.05, 4.69) is 10.7 Å². The minimum absolute atomic E-state index is 0.0547. The molecular weight excluding hydrogens is 516 g/mol. The Morgan fingerprint density at radius 3 is 2.36 bits per heavy atom. The molecule has 39 heavy (non-hydrogen) atoms. The van der Waals surface area contributed by atoms with Crippen LogP contribution in [0.15, 0.2) is 78.9 Å². The van der Waals surface area contributed by atoms with Gasteiger partial charge in [-0.05, 0) is 54.5 Å². The first kappa shape index (κ1) is 27.6. The fourth-order valence-corrected chi connectivity index (χ4v) is 4.51. The highest BCUT2D eigenvalue weighted by molar-refractivity contribution is 7.80. The SMILES string of the molecule is CCOc1cccc(NC(=O)CC2C(=O)N(Cc3ccccc3)C(=S)N2NC(=O)Cc2ccc(OC)cc2)c1. The van der Waals surface area contributed by atoms with Crippen molar-refractivity contribution in [3.63, 3.8) is 0 Å². The normalized spacial score (nSPS) is 14.8. The van der Waals surface area contributed by atoms with Gasteiger partial charge in [0.25, 0.3) is 5.91 Å². The molecule has 0 aromatic heterocycles. The van der Waals surface area contributed by atoms with Gasteiger partial charge in [-0.2, -0.15) is 0 Å². The van der Waals surface area contributed by atoms with E-state index in [1.807, 2.05) is 37.3 Å². The Kier molecular flexibility index (Phi) is 9.11. The van der Waals surface area contributed by atoms with Gasteiger partial charge in [-0.15, -0.1) is 0 Å². The summed E-state index contributed by atoms with van der Waals surface area (Å²) in [7, 11) is 1.57. The van der Waals surface area contributed by atoms with Crippen LogP contribution in [0.3, 0.4) is 0 Å². The van der Waals surface area contributed by atoms with E-state index in [0.29, 0.717) is 23.8 Å². The summed E-state index contributed by atoms with van der Waals surface area (Å²) in [5.74, 6) is 0.161. The van der Waals surface area contributed by atoms with Gasteiger partial charge in [0.1, 0.15) is 17.5 Å². The molecule has 3 aromatic carbocycles. The molecule has 1 fully saturated rings. The minimum atomic E-state index is -1.00. The third-order valence-electron chi connectivity index (χ3n) is 6.06. The average Bonchev–Trinajstić information content (AvgIpc) is 3.13. The summed E-state index contributed by atoms with van der Waals surface area (Å²) in [6, 6.07) is 22.5. The van der Waals surface area contributed by atoms with Crippen molar-refractivity contribution in [3.8, 4) is 11.5 Å². The molecule has 4 rings (SSSR count). The lowest BCUT2D eigenvalue weighted by Gasteiger charge is -2.24. The van der Waals surface area contributed by atoms with Crippen molar-refractivity contribution in [2.24, 2.45) is 0 Å². The Labute approximate surface area is 232 Å². The van der Waals surface area contributed by atoms with Crippen molar-refractivity contribution in [1.82, 2.24) is 15.3 Å². The molecule has 0 spiro atoms. The van der Waals surface area contributed by atoms with Gasteiger partial charge in [0.05, 0.1) is 33.1 Å². The molecule has 0 saturated carbocycles. The Morgan fingerprint density at radius 2 is 1.67 bits per heavy atom. The van der Waals surface area contributed by atoms with Crippen molar-refractivity contribution in [3.05, 3.63) is 90.0 Å². The predicted molar refractivity (Wildman–Crippen MR) is 151 cm³/mol. The number of hydrogen-bond donors (Lipinski definition) is 2. The van der Waals surface area contributed by atoms with Gasteiger partial charge in [-0.1, -0.05) is 48.5 Å². The summed E-state index contributed by atoms with van der Waals surface area (Å²) in [6.07, 6.45) is -0.162. The number of amides is 3. The zero-order chi connectivity index (χ0) is 27.8. The number of carbonyl (C=O) groups excluding carboxylic acids is 3. The largest absolute Gasteiger partial charge is 0.497 e. The van der Waals surface area contributed by atoms with Crippen LogP contribution >= 0.6 is 12.2 Å². The first-order chi connectivity index (χ1) is 18.9. The second-order valence-corrected chi connectivity index (χ2v) is 9.22. The van der Waals surface area contributed by atoms with E-state index in [1.165, 1.54) is 9.91 Å². The number of hydrazine groups is 1. The van der Waals surface area contributed by atoms with Crippen LogP contribution < -0.4 is 20.2 Å². The average molecular weight is 547 g/mol. The van der Waals surface area contributed by atoms with E-state index in [-0.39, 0.29) is 36.3 Å². The van der Waals surface area contributed by atoms with E-state index >= 15 is 0 Å². The minimum Gasteiger partial charge on any atom is -0.497 e. The fourth-order valence-electron chi connectivity index (χ4n) is 4.18. The van der Waals surface area contributed by atoms with Crippen LogP contribution in [0.1, 0.15) is 24.5 Å². The number of methoxy groups -OCH3 is 1. The second kappa shape index (κ2) is 12.9. The summed E-state index contributed by atoms with van der Waals surface area (Å²) >= 11 is 5.61. The molecule has 1 unspecified atom stereocenters. The number of hydrogen-bond acceptors (Lipinski definition) is 6. The molecule has 1 atom stereocenters. The van der Waals surface area contributed by atoms with Gasteiger partial charge in [-0.3, -0.25) is 24.7 Å². The number of anilines is 1. The van der Waals surface area contributed by atoms with Gasteiger partial charge >= 0.3 is 0 Å². The summed E-state index contributed by atoms with van der Waals surface area (Å²) in [5.41, 5.74) is 4.92. The molecule has 1 heterocycles. The highest BCUT2D eigenvalue weighted by Gasteiger charge is 2.44. The summed E-state index contributed by atoms with van der Waals surface area (Å²) in [6.45, 7) is 2.59. The zero-order valence-electron chi connectivity index (χ0n) is 21.8. The lowest BCUT2D eigenvalue weighted by molar-refractivity contribution is -0.132. The van der Waals surface area contributed by atoms with Gasteiger partial charge in [0.2, 0.25) is 11.8 Å². The molecule has 1 saturated heterocycles. The Hall–Kier alpha value is -4.44. The standard InChI is InChI=1S/C29H30N4O5S/c1-3-38-24-11-7-10-22(17-24)30-26(34)18-25-28(36)32(19-21-8-5-4-6-9-21)29(39)33(25)31-27(35)16-20-12-14-23(37-2)15-13-20/h4-15,17,25H,3,16,18-19H2,1-2H3,(H,30,34)(H,31,35). The number of ether oxygens (including phenoxy) is 2. The summed E-state index contributed by atoms with van der Waals surface area (Å²) in [4.78, 5) is 40.9. The molecule has 202 valence electrons. The number of nitrogens with one attached hydrogen (secondary N) is 2. The van der Waals surface area contributed by atoms with Gasteiger partial charge in [0.15, 0.2) is 5.11 Å². The van der Waals surface area contributed by atoms with Crippen molar-refractivity contribution < 1.29 is 23.9 Å². The Balaban J connectivity index is 1.50. The quantitative estimate of drug-likeness (QED) is 0.354. The maximum Gasteiger partial charge on any atom is 0.254 e. The number of benzene rings is 3. The molecule has 1 aliphatic heterocycles. The first-order valence-electron chi connectivity index (χ1n) is 12.5. The lowest BCUT2D eigenvalue weighted by atomic mass is 10.1. The van der Waals surface area contributed by atoms with E-state index in [1.54, 1.807) is 55.6 Å². The van der Waals surface area contributed by atoms with Crippen LogP contribution in [0, 0.1) is 0 Å². The summed E-state index contributed by atoms with van der Waals surface area (Å²) < 4.78 is 10.7. The highest BCUT2D eigenvalue weighted by Crippen LogP contribution is 2.23. The van der Waals surface area contributed by atoms with E-state index in [4.69, 9.17) is 21.7 Å². The molecule has 0 aliphatic carbocycles. The van der Waals surface area contributed by atoms with Crippen LogP contribution in [0.2, 0.25) is 0 Å². The van der Waals surface area contributed by atoms with E-state index in [0.717, 1.165) is 11.1 Å². The van der Waals surface area contributed by atoms with Crippen molar-refractivity contribution in [2.45, 2.75) is 32.4 Å². The van der Waals surface area contributed by atoms with E-state index < -0.39 is 11.9 Å². The highest BCUT2D eigenvalue weighted by atomic mass is 32.1. The van der Waals surface area contributed by atoms with Crippen LogP contribution in [-0.2, 0) is 27.3 Å². The van der Waals surface area contributed by atoms with Crippen LogP contribution in [0.5, 0.6) is 11.5 Å². The van der Waals surface area contributed by atoms with Crippen molar-refractivity contribution in [1.29, 1.82) is 0 Å². The van der Waals surface area contributed by atoms with Gasteiger partial charge in [-0.25, -0.2) is 5.01 Å². The van der Waals surface area contributed by atoms with Crippen molar-refractivity contribution in [2.75, 3.05) is 19.0 Å². The topological polar surface area (TPSA) is 100 Å². The Bertz CT molecular complexity index is 1330. The smallest absolute Gasteiger partial charge is 0.254 e. The summed E-state index contributed by atoms with van der Waals surface area (Å²) in [5, 5.41) is 4.26. The third-order valence-corrected chi connectivity index (χ3v) is 6.48. The molecular formula is C29H30N4O5S. The predicted octanol–water partition coefficient (Wildman–Crippen LogP) is 3.69. The Morgan fingerprint density at radius 1 is 0.923 bits per heavy atom. The molecule has 3 aromatic rings. The third kappa shape index (κ3) is 7.11. The van der Waals surface area contributed by atoms with Crippen molar-refractivity contribution >= 4 is 40.7 Å². The maximum absolute atomic E-state index is 13.5. The number of nitrogens with zero attached hydrogens (tertiary/aromatic N) is 2. The number of rotatable bonds is 11. The zero-order valence-corrected chi connectivity index (χ0v) is 22.6. The maximum atomic E-state index is 13.5. The molecule has 2 N–H and O–H groups in total. The first-order valence-corrected chi connectivity index (χ1v) is 12.9. The van der Waals surface area contributed by atoms with Gasteiger partial charge in [0, 0.05) is 11.8 Å². The lowest BCUT2D eigenvalue weighted by Crippen LogP contribution is -2.50.